The summed E-state index contributed by atoms with van der Waals surface area (Å²) in [6.07, 6.45) is 0. The van der Waals surface area contributed by atoms with Crippen LogP contribution in [-0.2, 0) is 10.0 Å². The molecule has 1 saturated heterocycles. The van der Waals surface area contributed by atoms with Crippen LogP contribution >= 0.6 is 0 Å². The molecule has 1 aromatic carbocycles. The first-order chi connectivity index (χ1) is 6.65. The predicted molar refractivity (Wildman–Crippen MR) is 55.3 cm³/mol. The summed E-state index contributed by atoms with van der Waals surface area (Å²) in [5.74, 6) is 0.255. The lowest BCUT2D eigenvalue weighted by Crippen LogP contribution is -2.49. The second kappa shape index (κ2) is 3.37. The summed E-state index contributed by atoms with van der Waals surface area (Å²) in [4.78, 5) is 0. The van der Waals surface area contributed by atoms with Gasteiger partial charge in [0.25, 0.3) is 0 Å². The van der Waals surface area contributed by atoms with Crippen molar-refractivity contribution in [1.29, 1.82) is 0 Å². The Labute approximate surface area is 84.4 Å². The zero-order chi connectivity index (χ0) is 10.2. The average molecular weight is 211 g/mol. The Morgan fingerprint density at radius 2 is 2.00 bits per heavy atom. The van der Waals surface area contributed by atoms with Gasteiger partial charge in [-0.15, -0.1) is 0 Å². The molecule has 0 aliphatic carbocycles. The van der Waals surface area contributed by atoms with Gasteiger partial charge in [0, 0.05) is 6.54 Å². The van der Waals surface area contributed by atoms with Gasteiger partial charge in [-0.25, -0.2) is 8.42 Å². The monoisotopic (exact) mass is 211 g/mol. The van der Waals surface area contributed by atoms with E-state index in [4.69, 9.17) is 0 Å². The van der Waals surface area contributed by atoms with Crippen LogP contribution < -0.4 is 0 Å². The van der Waals surface area contributed by atoms with Crippen molar-refractivity contribution in [1.82, 2.24) is 4.31 Å². The van der Waals surface area contributed by atoms with Gasteiger partial charge < -0.3 is 0 Å². The third-order valence-corrected chi connectivity index (χ3v) is 4.53. The van der Waals surface area contributed by atoms with Gasteiger partial charge in [0.2, 0.25) is 10.0 Å². The van der Waals surface area contributed by atoms with Crippen LogP contribution in [0.15, 0.2) is 30.3 Å². The molecule has 3 nitrogen and oxygen atoms in total. The highest BCUT2D eigenvalue weighted by Gasteiger charge is 2.42. The van der Waals surface area contributed by atoms with Crippen LogP contribution in [0.5, 0.6) is 0 Å². The Morgan fingerprint density at radius 3 is 2.50 bits per heavy atom. The minimum Gasteiger partial charge on any atom is -0.212 e. The number of rotatable bonds is 2. The van der Waals surface area contributed by atoms with Crippen molar-refractivity contribution in [3.8, 4) is 0 Å². The Bertz CT molecular complexity index is 413. The molecule has 2 rings (SSSR count). The van der Waals surface area contributed by atoms with E-state index >= 15 is 0 Å². The molecule has 0 radical (unpaired) electrons. The van der Waals surface area contributed by atoms with Gasteiger partial charge in [-0.3, -0.25) is 0 Å². The maximum Gasteiger partial charge on any atom is 0.216 e. The highest BCUT2D eigenvalue weighted by molar-refractivity contribution is 7.90. The number of hydrogen-bond donors (Lipinski definition) is 0. The van der Waals surface area contributed by atoms with Crippen molar-refractivity contribution >= 4 is 10.0 Å². The molecule has 0 amide bonds. The van der Waals surface area contributed by atoms with Crippen LogP contribution in [0.1, 0.15) is 18.5 Å². The van der Waals surface area contributed by atoms with E-state index < -0.39 is 10.0 Å². The highest BCUT2D eigenvalue weighted by Crippen LogP contribution is 2.34. The smallest absolute Gasteiger partial charge is 0.212 e. The normalized spacial score (nSPS) is 25.6. The van der Waals surface area contributed by atoms with E-state index in [0.29, 0.717) is 6.54 Å². The molecule has 1 unspecified atom stereocenters. The Hall–Kier alpha value is -0.870. The van der Waals surface area contributed by atoms with Crippen LogP contribution in [0.2, 0.25) is 0 Å². The third kappa shape index (κ3) is 1.44. The molecule has 1 fully saturated rings. The highest BCUT2D eigenvalue weighted by atomic mass is 32.2. The fourth-order valence-electron chi connectivity index (χ4n) is 1.84. The minimum atomic E-state index is -2.94. The lowest BCUT2D eigenvalue weighted by atomic mass is 10.1. The van der Waals surface area contributed by atoms with Gasteiger partial charge >= 0.3 is 0 Å². The molecule has 1 atom stereocenters. The number of benzene rings is 1. The second-order valence-corrected chi connectivity index (χ2v) is 5.37. The molecule has 1 aliphatic rings. The number of hydrogen-bond acceptors (Lipinski definition) is 2. The van der Waals surface area contributed by atoms with Crippen LogP contribution in [0.25, 0.3) is 0 Å². The fourth-order valence-corrected chi connectivity index (χ4v) is 3.52. The van der Waals surface area contributed by atoms with Crippen molar-refractivity contribution in [2.24, 2.45) is 0 Å². The van der Waals surface area contributed by atoms with Gasteiger partial charge in [-0.1, -0.05) is 37.3 Å². The van der Waals surface area contributed by atoms with Crippen molar-refractivity contribution in [3.05, 3.63) is 35.9 Å². The van der Waals surface area contributed by atoms with E-state index in [2.05, 4.69) is 0 Å². The van der Waals surface area contributed by atoms with Crippen molar-refractivity contribution in [2.75, 3.05) is 12.3 Å². The molecule has 1 heterocycles. The first-order valence-corrected chi connectivity index (χ1v) is 6.30. The lowest BCUT2D eigenvalue weighted by molar-refractivity contribution is 0.307. The standard InChI is InChI=1S/C10H13NO2S/c1-2-11-10(8-14(11,12)13)9-6-4-3-5-7-9/h3-7,10H,2,8H2,1H3. The zero-order valence-electron chi connectivity index (χ0n) is 8.05. The summed E-state index contributed by atoms with van der Waals surface area (Å²) in [6.45, 7) is 2.43. The van der Waals surface area contributed by atoms with Crippen LogP contribution in [0.3, 0.4) is 0 Å². The molecule has 14 heavy (non-hydrogen) atoms. The third-order valence-electron chi connectivity index (χ3n) is 2.57. The molecule has 1 aromatic rings. The van der Waals surface area contributed by atoms with Gasteiger partial charge in [-0.2, -0.15) is 4.31 Å². The van der Waals surface area contributed by atoms with Gasteiger partial charge in [0.1, 0.15) is 0 Å². The molecule has 0 bridgehead atoms. The molecule has 4 heteroatoms. The number of nitrogens with zero attached hydrogens (tertiary/aromatic N) is 1. The van der Waals surface area contributed by atoms with E-state index in [1.54, 1.807) is 4.31 Å². The van der Waals surface area contributed by atoms with E-state index in [1.165, 1.54) is 0 Å². The Balaban J connectivity index is 2.25. The SMILES string of the molecule is CCN1C(c2ccccc2)CS1(=O)=O. The summed E-state index contributed by atoms with van der Waals surface area (Å²) in [5.41, 5.74) is 1.09. The van der Waals surface area contributed by atoms with Crippen LogP contribution in [-0.4, -0.2) is 25.0 Å². The van der Waals surface area contributed by atoms with Crippen molar-refractivity contribution in [2.45, 2.75) is 13.0 Å². The molecule has 1 aliphatic heterocycles. The lowest BCUT2D eigenvalue weighted by Gasteiger charge is -2.39. The fraction of sp³-hybridized carbons (Fsp3) is 0.400. The molecule has 0 saturated carbocycles. The first kappa shape index (κ1) is 9.68. The quantitative estimate of drug-likeness (QED) is 0.741. The molecule has 0 N–H and O–H groups in total. The van der Waals surface area contributed by atoms with E-state index in [-0.39, 0.29) is 11.8 Å². The summed E-state index contributed by atoms with van der Waals surface area (Å²) in [6, 6.07) is 9.82. The maximum absolute atomic E-state index is 11.4. The summed E-state index contributed by atoms with van der Waals surface area (Å²) >= 11 is 0. The van der Waals surface area contributed by atoms with Crippen LogP contribution in [0.4, 0.5) is 0 Å². The van der Waals surface area contributed by atoms with Crippen molar-refractivity contribution in [3.63, 3.8) is 0 Å². The topological polar surface area (TPSA) is 37.4 Å². The first-order valence-electron chi connectivity index (χ1n) is 4.69. The molecule has 0 spiro atoms. The average Bonchev–Trinajstić information content (AvgIpc) is 2.17. The largest absolute Gasteiger partial charge is 0.216 e. The van der Waals surface area contributed by atoms with Gasteiger partial charge in [0.05, 0.1) is 11.8 Å². The second-order valence-electron chi connectivity index (χ2n) is 3.41. The summed E-state index contributed by atoms with van der Waals surface area (Å²) in [7, 11) is -2.94. The molecular weight excluding hydrogens is 198 g/mol. The minimum absolute atomic E-state index is 0.0613. The summed E-state index contributed by atoms with van der Waals surface area (Å²) in [5, 5.41) is 0. The van der Waals surface area contributed by atoms with Crippen LogP contribution in [0, 0.1) is 0 Å². The molecule has 0 aromatic heterocycles. The number of sulfonamides is 1. The molecule has 76 valence electrons. The van der Waals surface area contributed by atoms with E-state index in [9.17, 15) is 8.42 Å². The van der Waals surface area contributed by atoms with E-state index in [0.717, 1.165) is 5.56 Å². The maximum atomic E-state index is 11.4. The Kier molecular flexibility index (Phi) is 2.33. The van der Waals surface area contributed by atoms with Crippen molar-refractivity contribution < 1.29 is 8.42 Å². The predicted octanol–water partition coefficient (Wildman–Crippen LogP) is 1.39. The Morgan fingerprint density at radius 1 is 1.36 bits per heavy atom. The molecular formula is C10H13NO2S. The van der Waals surface area contributed by atoms with Gasteiger partial charge in [-0.05, 0) is 5.56 Å². The zero-order valence-corrected chi connectivity index (χ0v) is 8.87. The van der Waals surface area contributed by atoms with Gasteiger partial charge in [0.15, 0.2) is 0 Å². The summed E-state index contributed by atoms with van der Waals surface area (Å²) < 4.78 is 24.3. The van der Waals surface area contributed by atoms with E-state index in [1.807, 2.05) is 37.3 Å².